The maximum absolute atomic E-state index is 13.3. The van der Waals surface area contributed by atoms with E-state index >= 15 is 0 Å². The normalized spacial score (nSPS) is 10.7. The second kappa shape index (κ2) is 8.88. The lowest BCUT2D eigenvalue weighted by molar-refractivity contribution is 0.306. The molecule has 0 saturated carbocycles. The van der Waals surface area contributed by atoms with E-state index in [1.165, 1.54) is 41.4 Å². The van der Waals surface area contributed by atoms with E-state index in [0.717, 1.165) is 9.04 Å². The predicted molar refractivity (Wildman–Crippen MR) is 119 cm³/mol. The Bertz CT molecular complexity index is 1270. The molecule has 0 fully saturated rings. The maximum Gasteiger partial charge on any atom is 0.173 e. The van der Waals surface area contributed by atoms with Crippen LogP contribution in [0.5, 0.6) is 5.75 Å². The van der Waals surface area contributed by atoms with Crippen molar-refractivity contribution in [3.8, 4) is 11.8 Å². The van der Waals surface area contributed by atoms with Crippen molar-refractivity contribution in [1.29, 1.82) is 5.26 Å². The highest BCUT2D eigenvalue weighted by atomic mass is 35.5. The molecule has 0 unspecified atom stereocenters. The number of aromatic nitrogens is 2. The van der Waals surface area contributed by atoms with Gasteiger partial charge < -0.3 is 10.1 Å². The number of thioether (sulfide) groups is 1. The van der Waals surface area contributed by atoms with Crippen molar-refractivity contribution in [2.45, 2.75) is 10.9 Å². The molecule has 2 aromatic carbocycles. The van der Waals surface area contributed by atoms with Gasteiger partial charge in [-0.15, -0.1) is 11.3 Å². The molecule has 0 amide bonds. The van der Waals surface area contributed by atoms with Gasteiger partial charge in [0.15, 0.2) is 9.99 Å². The molecule has 2 aromatic heterocycles. The van der Waals surface area contributed by atoms with E-state index in [1.54, 1.807) is 30.3 Å². The van der Waals surface area contributed by atoms with Crippen molar-refractivity contribution in [2.75, 3.05) is 11.6 Å². The van der Waals surface area contributed by atoms with Gasteiger partial charge in [0.05, 0.1) is 21.0 Å². The van der Waals surface area contributed by atoms with Crippen molar-refractivity contribution < 1.29 is 9.13 Å². The first-order valence-corrected chi connectivity index (χ1v) is 11.2. The van der Waals surface area contributed by atoms with Crippen molar-refractivity contribution >= 4 is 56.4 Å². The van der Waals surface area contributed by atoms with Crippen LogP contribution in [0.15, 0.2) is 53.0 Å². The molecule has 5 nitrogen and oxygen atoms in total. The zero-order chi connectivity index (χ0) is 21.1. The second-order valence-corrected chi connectivity index (χ2v) is 8.64. The maximum atomic E-state index is 13.3. The Morgan fingerprint density at radius 1 is 1.30 bits per heavy atom. The summed E-state index contributed by atoms with van der Waals surface area (Å²) in [4.78, 5) is 8.71. The monoisotopic (exact) mass is 456 g/mol. The first-order valence-electron chi connectivity index (χ1n) is 8.75. The summed E-state index contributed by atoms with van der Waals surface area (Å²) in [6, 6.07) is 13.6. The Hall–Kier alpha value is -2.86. The van der Waals surface area contributed by atoms with Crippen LogP contribution >= 0.6 is 34.7 Å². The molecule has 0 aliphatic rings. The molecule has 4 aromatic rings. The van der Waals surface area contributed by atoms with Crippen LogP contribution in [0.1, 0.15) is 11.1 Å². The number of nitrogens with zero attached hydrogens (tertiary/aromatic N) is 3. The van der Waals surface area contributed by atoms with Crippen LogP contribution < -0.4 is 10.1 Å². The number of halogens is 2. The number of rotatable bonds is 6. The van der Waals surface area contributed by atoms with Crippen LogP contribution in [0.2, 0.25) is 5.02 Å². The van der Waals surface area contributed by atoms with Crippen LogP contribution in [-0.2, 0) is 6.61 Å². The highest BCUT2D eigenvalue weighted by molar-refractivity contribution is 8.00. The van der Waals surface area contributed by atoms with Crippen molar-refractivity contribution in [3.63, 3.8) is 0 Å². The first-order chi connectivity index (χ1) is 14.6. The van der Waals surface area contributed by atoms with Gasteiger partial charge in [0.25, 0.3) is 0 Å². The van der Waals surface area contributed by atoms with Gasteiger partial charge in [-0.2, -0.15) is 5.26 Å². The number of nitriles is 1. The Morgan fingerprint density at radius 3 is 2.90 bits per heavy atom. The predicted octanol–water partition coefficient (Wildman–Crippen LogP) is 6.40. The summed E-state index contributed by atoms with van der Waals surface area (Å²) in [5.74, 6) is 0.167. The third-order valence-electron chi connectivity index (χ3n) is 4.18. The molecular formula is C21H14ClFN4OS2. The fourth-order valence-corrected chi connectivity index (χ4v) is 4.54. The van der Waals surface area contributed by atoms with Gasteiger partial charge in [0.1, 0.15) is 24.2 Å². The van der Waals surface area contributed by atoms with E-state index in [4.69, 9.17) is 16.3 Å². The van der Waals surface area contributed by atoms with Crippen molar-refractivity contribution in [3.05, 3.63) is 70.6 Å². The summed E-state index contributed by atoms with van der Waals surface area (Å²) in [5.41, 5.74) is 3.06. The van der Waals surface area contributed by atoms with Gasteiger partial charge in [-0.25, -0.2) is 14.4 Å². The smallest absolute Gasteiger partial charge is 0.173 e. The Kier molecular flexibility index (Phi) is 6.04. The number of nitrogens with one attached hydrogen (secondary N) is 1. The van der Waals surface area contributed by atoms with E-state index in [0.29, 0.717) is 38.9 Å². The fraction of sp³-hybridized carbons (Fsp3) is 0.0952. The van der Waals surface area contributed by atoms with E-state index < -0.39 is 0 Å². The van der Waals surface area contributed by atoms with Gasteiger partial charge in [0, 0.05) is 11.9 Å². The van der Waals surface area contributed by atoms with Gasteiger partial charge in [-0.3, -0.25) is 0 Å². The number of thiazole rings is 1. The van der Waals surface area contributed by atoms with Crippen molar-refractivity contribution in [2.24, 2.45) is 0 Å². The lowest BCUT2D eigenvalue weighted by atomic mass is 10.2. The summed E-state index contributed by atoms with van der Waals surface area (Å²) in [6.45, 7) is 0.201. The molecule has 0 aliphatic carbocycles. The average molecular weight is 457 g/mol. The Balaban J connectivity index is 1.58. The summed E-state index contributed by atoms with van der Waals surface area (Å²) in [5, 5.41) is 13.2. The van der Waals surface area contributed by atoms with E-state index in [9.17, 15) is 9.65 Å². The number of pyridine rings is 1. The van der Waals surface area contributed by atoms with Crippen LogP contribution in [0.3, 0.4) is 0 Å². The highest BCUT2D eigenvalue weighted by Crippen LogP contribution is 2.37. The second-order valence-electron chi connectivity index (χ2n) is 6.18. The average Bonchev–Trinajstić information content (AvgIpc) is 3.17. The number of fused-ring (bicyclic) bond motifs is 1. The molecule has 0 atom stereocenters. The van der Waals surface area contributed by atoms with Crippen LogP contribution in [0.25, 0.3) is 10.3 Å². The largest absolute Gasteiger partial charge is 0.487 e. The fourth-order valence-electron chi connectivity index (χ4n) is 2.78. The highest BCUT2D eigenvalue weighted by Gasteiger charge is 2.15. The van der Waals surface area contributed by atoms with Crippen molar-refractivity contribution in [1.82, 2.24) is 9.97 Å². The summed E-state index contributed by atoms with van der Waals surface area (Å²) < 4.78 is 20.7. The van der Waals surface area contributed by atoms with E-state index in [1.807, 2.05) is 6.26 Å². The van der Waals surface area contributed by atoms with Gasteiger partial charge in [-0.1, -0.05) is 35.5 Å². The number of hydrogen-bond donors (Lipinski definition) is 1. The third-order valence-corrected chi connectivity index (χ3v) is 6.52. The minimum atomic E-state index is -0.314. The molecule has 9 heteroatoms. The number of hydrogen-bond acceptors (Lipinski definition) is 7. The zero-order valence-electron chi connectivity index (χ0n) is 15.6. The Morgan fingerprint density at radius 2 is 2.17 bits per heavy atom. The molecule has 2 heterocycles. The number of benzene rings is 2. The molecule has 0 aliphatic heterocycles. The minimum Gasteiger partial charge on any atom is -0.487 e. The molecule has 30 heavy (non-hydrogen) atoms. The summed E-state index contributed by atoms with van der Waals surface area (Å²) in [6.07, 6.45) is 3.45. The summed E-state index contributed by atoms with van der Waals surface area (Å²) >= 11 is 9.38. The standard InChI is InChI=1S/C21H14ClFN4OS2/c1-29-21-27-20-19(30-21)18(13(9-24)10-25-20)26-15-5-6-17(16(22)8-15)28-11-12-3-2-4-14(23)7-12/h2-8,10H,11H2,1H3,(H,25,26). The molecule has 0 saturated heterocycles. The zero-order valence-corrected chi connectivity index (χ0v) is 18.0. The molecular weight excluding hydrogens is 443 g/mol. The SMILES string of the molecule is CSc1nc2ncc(C#N)c(Nc3ccc(OCc4cccc(F)c4)c(Cl)c3)c2s1. The summed E-state index contributed by atoms with van der Waals surface area (Å²) in [7, 11) is 0. The molecule has 0 bridgehead atoms. The first kappa shape index (κ1) is 20.4. The van der Waals surface area contributed by atoms with Crippen LogP contribution in [-0.4, -0.2) is 16.2 Å². The minimum absolute atomic E-state index is 0.201. The lowest BCUT2D eigenvalue weighted by Gasteiger charge is -2.12. The van der Waals surface area contributed by atoms with E-state index in [2.05, 4.69) is 21.4 Å². The molecule has 0 radical (unpaired) electrons. The van der Waals surface area contributed by atoms with Gasteiger partial charge >= 0.3 is 0 Å². The van der Waals surface area contributed by atoms with E-state index in [-0.39, 0.29) is 12.4 Å². The topological polar surface area (TPSA) is 70.8 Å². The quantitative estimate of drug-likeness (QED) is 0.338. The van der Waals surface area contributed by atoms with Gasteiger partial charge in [-0.05, 0) is 42.2 Å². The van der Waals surface area contributed by atoms with Gasteiger partial charge in [0.2, 0.25) is 0 Å². The van der Waals surface area contributed by atoms with Crippen LogP contribution in [0.4, 0.5) is 15.8 Å². The molecule has 150 valence electrons. The number of ether oxygens (including phenoxy) is 1. The molecule has 4 rings (SSSR count). The number of anilines is 2. The molecule has 0 spiro atoms. The Labute approximate surface area is 185 Å². The molecule has 1 N–H and O–H groups in total. The van der Waals surface area contributed by atoms with Crippen LogP contribution in [0, 0.1) is 17.1 Å². The lowest BCUT2D eigenvalue weighted by Crippen LogP contribution is -1.98. The third kappa shape index (κ3) is 4.33.